The summed E-state index contributed by atoms with van der Waals surface area (Å²) >= 11 is 1.77. The van der Waals surface area contributed by atoms with Gasteiger partial charge in [-0.05, 0) is 69.4 Å². The van der Waals surface area contributed by atoms with E-state index in [9.17, 15) is 4.79 Å². The Morgan fingerprint density at radius 3 is 2.61 bits per heavy atom. The van der Waals surface area contributed by atoms with Crippen LogP contribution < -0.4 is 16.6 Å². The molecular formula is C29H31N7OS. The molecule has 9 heteroatoms. The third kappa shape index (κ3) is 5.03. The molecule has 1 atom stereocenters. The second-order valence-electron chi connectivity index (χ2n) is 9.71. The van der Waals surface area contributed by atoms with E-state index in [0.29, 0.717) is 34.2 Å². The molecule has 1 aromatic carbocycles. The summed E-state index contributed by atoms with van der Waals surface area (Å²) in [6.45, 7) is 4.84. The normalized spacial score (nSPS) is 12.3. The second-order valence-corrected chi connectivity index (χ2v) is 10.8. The maximum absolute atomic E-state index is 13.2. The van der Waals surface area contributed by atoms with Crippen LogP contribution in [-0.4, -0.2) is 38.5 Å². The number of hydrogen-bond donors (Lipinski definition) is 2. The van der Waals surface area contributed by atoms with Crippen molar-refractivity contribution in [2.45, 2.75) is 26.4 Å². The molecule has 0 amide bonds. The van der Waals surface area contributed by atoms with Crippen LogP contribution in [-0.2, 0) is 13.6 Å². The highest BCUT2D eigenvalue weighted by atomic mass is 32.1. The molecule has 0 spiro atoms. The number of thiophene rings is 1. The summed E-state index contributed by atoms with van der Waals surface area (Å²) in [6.07, 6.45) is 1.62. The summed E-state index contributed by atoms with van der Waals surface area (Å²) < 4.78 is 1.57. The quantitative estimate of drug-likeness (QED) is 0.299. The predicted octanol–water partition coefficient (Wildman–Crippen LogP) is 5.24. The Morgan fingerprint density at radius 1 is 1.08 bits per heavy atom. The third-order valence-corrected chi connectivity index (χ3v) is 7.75. The summed E-state index contributed by atoms with van der Waals surface area (Å²) in [7, 11) is 5.90. The molecule has 0 radical (unpaired) electrons. The van der Waals surface area contributed by atoms with Crippen LogP contribution >= 0.6 is 11.3 Å². The van der Waals surface area contributed by atoms with Crippen LogP contribution in [0.1, 0.15) is 29.2 Å². The predicted molar refractivity (Wildman–Crippen MR) is 156 cm³/mol. The molecule has 0 fully saturated rings. The van der Waals surface area contributed by atoms with Crippen molar-refractivity contribution in [3.05, 3.63) is 87.4 Å². The lowest BCUT2D eigenvalue weighted by atomic mass is 10.1. The van der Waals surface area contributed by atoms with Gasteiger partial charge in [0.05, 0.1) is 11.4 Å². The van der Waals surface area contributed by atoms with Crippen LogP contribution in [0.2, 0.25) is 0 Å². The molecule has 4 heterocycles. The lowest BCUT2D eigenvalue weighted by molar-refractivity contribution is 0.403. The molecule has 8 nitrogen and oxygen atoms in total. The number of pyridine rings is 2. The van der Waals surface area contributed by atoms with Gasteiger partial charge < -0.3 is 16.0 Å². The molecular weight excluding hydrogens is 494 g/mol. The molecule has 0 aliphatic rings. The van der Waals surface area contributed by atoms with Crippen LogP contribution in [0.4, 0.5) is 11.6 Å². The van der Waals surface area contributed by atoms with Crippen molar-refractivity contribution in [3.8, 4) is 21.6 Å². The third-order valence-electron chi connectivity index (χ3n) is 6.45. The summed E-state index contributed by atoms with van der Waals surface area (Å²) in [6, 6.07) is 18.2. The Kier molecular flexibility index (Phi) is 6.96. The van der Waals surface area contributed by atoms with Crippen LogP contribution in [0.25, 0.3) is 32.6 Å². The highest BCUT2D eigenvalue weighted by Gasteiger charge is 2.18. The number of nitrogens with zero attached hydrogens (tertiary/aromatic N) is 5. The first-order chi connectivity index (χ1) is 18.2. The van der Waals surface area contributed by atoms with E-state index in [2.05, 4.69) is 77.6 Å². The van der Waals surface area contributed by atoms with E-state index in [1.54, 1.807) is 41.3 Å². The molecule has 0 aliphatic heterocycles. The number of benzene rings is 1. The average Bonchev–Trinajstić information content (AvgIpc) is 3.37. The fourth-order valence-corrected chi connectivity index (χ4v) is 5.64. The van der Waals surface area contributed by atoms with Gasteiger partial charge in [0.15, 0.2) is 0 Å². The zero-order chi connectivity index (χ0) is 27.0. The Bertz CT molecular complexity index is 1670. The monoisotopic (exact) mass is 525 g/mol. The van der Waals surface area contributed by atoms with Crippen molar-refractivity contribution in [1.82, 2.24) is 24.4 Å². The number of anilines is 2. The van der Waals surface area contributed by atoms with E-state index < -0.39 is 0 Å². The molecule has 0 aliphatic carbocycles. The van der Waals surface area contributed by atoms with Crippen LogP contribution in [0.5, 0.6) is 0 Å². The summed E-state index contributed by atoms with van der Waals surface area (Å²) in [5, 5.41) is 4.36. The fraction of sp³-hybridized carbons (Fsp3) is 0.241. The maximum atomic E-state index is 13.2. The van der Waals surface area contributed by atoms with Crippen molar-refractivity contribution in [3.63, 3.8) is 0 Å². The van der Waals surface area contributed by atoms with E-state index in [0.717, 1.165) is 11.9 Å². The number of nitrogen functional groups attached to an aromatic ring is 1. The first-order valence-electron chi connectivity index (χ1n) is 12.4. The number of nitrogens with two attached hydrogens (primary N) is 1. The minimum Gasteiger partial charge on any atom is -0.384 e. The summed E-state index contributed by atoms with van der Waals surface area (Å²) in [5.74, 6) is 1.68. The number of aromatic nitrogens is 4. The maximum Gasteiger partial charge on any atom is 0.259 e. The second kappa shape index (κ2) is 10.4. The van der Waals surface area contributed by atoms with Gasteiger partial charge in [-0.15, -0.1) is 11.3 Å². The Balaban J connectivity index is 1.52. The smallest absolute Gasteiger partial charge is 0.259 e. The van der Waals surface area contributed by atoms with E-state index in [1.807, 2.05) is 13.0 Å². The topological polar surface area (TPSA) is 102 Å². The van der Waals surface area contributed by atoms with Crippen molar-refractivity contribution in [2.24, 2.45) is 7.05 Å². The number of rotatable bonds is 7. The van der Waals surface area contributed by atoms with E-state index >= 15 is 0 Å². The van der Waals surface area contributed by atoms with Crippen molar-refractivity contribution in [2.75, 3.05) is 25.1 Å². The van der Waals surface area contributed by atoms with Gasteiger partial charge in [0, 0.05) is 40.7 Å². The van der Waals surface area contributed by atoms with Gasteiger partial charge in [-0.25, -0.2) is 15.0 Å². The largest absolute Gasteiger partial charge is 0.384 e. The number of hydrogen-bond acceptors (Lipinski definition) is 8. The molecule has 0 bridgehead atoms. The van der Waals surface area contributed by atoms with Crippen molar-refractivity contribution < 1.29 is 0 Å². The van der Waals surface area contributed by atoms with Gasteiger partial charge in [-0.3, -0.25) is 9.36 Å². The van der Waals surface area contributed by atoms with Gasteiger partial charge in [-0.1, -0.05) is 24.3 Å². The minimum atomic E-state index is -0.152. The van der Waals surface area contributed by atoms with Crippen LogP contribution in [0.3, 0.4) is 0 Å². The highest BCUT2D eigenvalue weighted by Crippen LogP contribution is 2.35. The zero-order valence-electron chi connectivity index (χ0n) is 22.2. The van der Waals surface area contributed by atoms with E-state index in [4.69, 9.17) is 10.7 Å². The molecule has 4 aromatic heterocycles. The first-order valence-corrected chi connectivity index (χ1v) is 13.2. The van der Waals surface area contributed by atoms with Crippen molar-refractivity contribution in [1.29, 1.82) is 0 Å². The molecule has 5 rings (SSSR count). The standard InChI is InChI=1S/C29H31N7OS/c1-17(24-11-12-25(38-24)21-9-7-6-8-20(21)16-35(3)4)32-27-23-14-22(19-10-13-26(30)31-15-19)29(37)36(5)28(23)34-18(2)33-27/h6-15,17H,16H2,1-5H3,(H2,30,31)(H,32,33,34)/t17-/m1/s1. The molecule has 0 saturated carbocycles. The van der Waals surface area contributed by atoms with E-state index in [1.165, 1.54) is 20.9 Å². The van der Waals surface area contributed by atoms with Gasteiger partial charge >= 0.3 is 0 Å². The molecule has 38 heavy (non-hydrogen) atoms. The Labute approximate surface area is 225 Å². The molecule has 0 saturated heterocycles. The van der Waals surface area contributed by atoms with Gasteiger partial charge in [0.25, 0.3) is 5.56 Å². The van der Waals surface area contributed by atoms with Gasteiger partial charge in [-0.2, -0.15) is 0 Å². The highest BCUT2D eigenvalue weighted by molar-refractivity contribution is 7.15. The van der Waals surface area contributed by atoms with Crippen LogP contribution in [0.15, 0.2) is 65.6 Å². The van der Waals surface area contributed by atoms with Gasteiger partial charge in [0.1, 0.15) is 23.1 Å². The Morgan fingerprint density at radius 2 is 1.87 bits per heavy atom. The number of nitrogens with one attached hydrogen (secondary N) is 1. The lowest BCUT2D eigenvalue weighted by Crippen LogP contribution is -2.21. The average molecular weight is 526 g/mol. The first kappa shape index (κ1) is 25.6. The minimum absolute atomic E-state index is 0.00821. The lowest BCUT2D eigenvalue weighted by Gasteiger charge is -2.17. The Hall–Kier alpha value is -4.08. The summed E-state index contributed by atoms with van der Waals surface area (Å²) in [4.78, 5) is 31.3. The number of fused-ring (bicyclic) bond motifs is 1. The van der Waals surface area contributed by atoms with Crippen molar-refractivity contribution >= 4 is 34.0 Å². The molecule has 3 N–H and O–H groups in total. The zero-order valence-corrected chi connectivity index (χ0v) is 23.0. The number of aryl methyl sites for hydroxylation is 2. The van der Waals surface area contributed by atoms with Gasteiger partial charge in [0.2, 0.25) is 0 Å². The molecule has 5 aromatic rings. The van der Waals surface area contributed by atoms with E-state index in [-0.39, 0.29) is 11.6 Å². The molecule has 0 unspecified atom stereocenters. The SMILES string of the molecule is Cc1nc(N[C@H](C)c2ccc(-c3ccccc3CN(C)C)s2)c2cc(-c3ccc(N)nc3)c(=O)n(C)c2n1. The van der Waals surface area contributed by atoms with Crippen LogP contribution in [0, 0.1) is 6.92 Å². The summed E-state index contributed by atoms with van der Waals surface area (Å²) in [5.41, 5.74) is 9.95. The molecule has 194 valence electrons. The fourth-order valence-electron chi connectivity index (χ4n) is 4.57.